The summed E-state index contributed by atoms with van der Waals surface area (Å²) in [7, 11) is 1.83. The van der Waals surface area contributed by atoms with Gasteiger partial charge in [-0.25, -0.2) is 0 Å². The van der Waals surface area contributed by atoms with Gasteiger partial charge in [0.2, 0.25) is 0 Å². The van der Waals surface area contributed by atoms with Crippen LogP contribution in [0.3, 0.4) is 0 Å². The number of ether oxygens (including phenoxy) is 2. The maximum atomic E-state index is 5.95. The summed E-state index contributed by atoms with van der Waals surface area (Å²) >= 11 is 0. The smallest absolute Gasteiger partial charge is 0.127 e. The van der Waals surface area contributed by atoms with E-state index in [4.69, 9.17) is 14.5 Å². The minimum atomic E-state index is 0.252. The highest BCUT2D eigenvalue weighted by molar-refractivity contribution is 6.14. The van der Waals surface area contributed by atoms with Crippen molar-refractivity contribution < 1.29 is 9.47 Å². The zero-order valence-corrected chi connectivity index (χ0v) is 16.6. The molecule has 0 saturated heterocycles. The molecule has 0 amide bonds. The first kappa shape index (κ1) is 18.1. The van der Waals surface area contributed by atoms with Gasteiger partial charge in [0.05, 0.1) is 17.9 Å². The summed E-state index contributed by atoms with van der Waals surface area (Å²) in [6, 6.07) is 27.1. The molecule has 2 aliphatic rings. The molecule has 0 aromatic heterocycles. The lowest BCUT2D eigenvalue weighted by Gasteiger charge is -2.40. The summed E-state index contributed by atoms with van der Waals surface area (Å²) in [6.45, 7) is 0. The summed E-state index contributed by atoms with van der Waals surface area (Å²) < 4.78 is 11.8. The Hall–Kier alpha value is -2.91. The first-order valence-corrected chi connectivity index (χ1v) is 10.4. The molecule has 3 atom stereocenters. The van der Waals surface area contributed by atoms with Gasteiger partial charge < -0.3 is 9.47 Å². The van der Waals surface area contributed by atoms with E-state index in [1.807, 2.05) is 49.6 Å². The molecule has 1 aliphatic carbocycles. The van der Waals surface area contributed by atoms with Crippen LogP contribution in [0.1, 0.15) is 41.9 Å². The molecule has 3 heteroatoms. The van der Waals surface area contributed by atoms with E-state index in [-0.39, 0.29) is 6.10 Å². The van der Waals surface area contributed by atoms with Crippen molar-refractivity contribution >= 4 is 5.71 Å². The Morgan fingerprint density at radius 1 is 0.793 bits per heavy atom. The van der Waals surface area contributed by atoms with Crippen LogP contribution >= 0.6 is 0 Å². The molecule has 3 aromatic carbocycles. The van der Waals surface area contributed by atoms with Crippen LogP contribution in [0.5, 0.6) is 11.5 Å². The normalized spacial score (nSPS) is 22.9. The third-order valence-corrected chi connectivity index (χ3v) is 6.08. The topological polar surface area (TPSA) is 30.8 Å². The van der Waals surface area contributed by atoms with Gasteiger partial charge in [0.1, 0.15) is 11.5 Å². The van der Waals surface area contributed by atoms with E-state index >= 15 is 0 Å². The van der Waals surface area contributed by atoms with Crippen LogP contribution in [0.25, 0.3) is 0 Å². The Kier molecular flexibility index (Phi) is 4.91. The highest BCUT2D eigenvalue weighted by atomic mass is 16.5. The average molecular weight is 383 g/mol. The van der Waals surface area contributed by atoms with E-state index in [0.717, 1.165) is 35.6 Å². The van der Waals surface area contributed by atoms with Crippen LogP contribution in [0.4, 0.5) is 0 Å². The van der Waals surface area contributed by atoms with Gasteiger partial charge in [-0.1, -0.05) is 42.5 Å². The van der Waals surface area contributed by atoms with Gasteiger partial charge in [0, 0.05) is 24.2 Å². The quantitative estimate of drug-likeness (QED) is 0.555. The molecule has 1 saturated carbocycles. The second-order valence-electron chi connectivity index (χ2n) is 7.80. The zero-order chi connectivity index (χ0) is 19.6. The van der Waals surface area contributed by atoms with Crippen LogP contribution in [0, 0.1) is 0 Å². The van der Waals surface area contributed by atoms with Gasteiger partial charge in [-0.3, -0.25) is 4.99 Å². The van der Waals surface area contributed by atoms with E-state index in [1.54, 1.807) is 0 Å². The van der Waals surface area contributed by atoms with Crippen molar-refractivity contribution in [1.29, 1.82) is 0 Å². The summed E-state index contributed by atoms with van der Waals surface area (Å²) in [6.07, 6.45) is 3.66. The van der Waals surface area contributed by atoms with E-state index in [1.165, 1.54) is 17.5 Å². The molecule has 0 bridgehead atoms. The molecular weight excluding hydrogens is 358 g/mol. The van der Waals surface area contributed by atoms with Crippen molar-refractivity contribution in [3.63, 3.8) is 0 Å². The first-order valence-electron chi connectivity index (χ1n) is 10.4. The minimum absolute atomic E-state index is 0.252. The second kappa shape index (κ2) is 7.84. The van der Waals surface area contributed by atoms with E-state index in [2.05, 4.69) is 36.4 Å². The van der Waals surface area contributed by atoms with Crippen LogP contribution < -0.4 is 4.74 Å². The number of rotatable bonds is 4. The van der Waals surface area contributed by atoms with Crippen LogP contribution in [-0.2, 0) is 4.74 Å². The highest BCUT2D eigenvalue weighted by Crippen LogP contribution is 2.42. The first-order chi connectivity index (χ1) is 14.3. The number of nitrogens with zero attached hydrogens (tertiary/aromatic N) is 1. The van der Waals surface area contributed by atoms with Gasteiger partial charge in [-0.2, -0.15) is 0 Å². The van der Waals surface area contributed by atoms with Crippen molar-refractivity contribution in [3.05, 3.63) is 95.6 Å². The number of hydrogen-bond acceptors (Lipinski definition) is 3. The lowest BCUT2D eigenvalue weighted by Crippen LogP contribution is -2.38. The summed E-state index contributed by atoms with van der Waals surface area (Å²) in [4.78, 5) is 5.22. The molecule has 146 valence electrons. The van der Waals surface area contributed by atoms with Gasteiger partial charge in [0.15, 0.2) is 0 Å². The van der Waals surface area contributed by atoms with Crippen LogP contribution in [-0.4, -0.2) is 25.0 Å². The van der Waals surface area contributed by atoms with Gasteiger partial charge in [-0.05, 0) is 61.2 Å². The molecular formula is C26H25NO2. The third kappa shape index (κ3) is 3.47. The molecule has 3 aromatic rings. The molecule has 0 N–H and O–H groups in total. The second-order valence-corrected chi connectivity index (χ2v) is 7.80. The SMILES string of the molecule is COC1CCCC2N=C(c3ccc(Oc4ccccc4)cc3)c3ccccc3C21. The van der Waals surface area contributed by atoms with Crippen LogP contribution in [0.2, 0.25) is 0 Å². The molecule has 29 heavy (non-hydrogen) atoms. The Balaban J connectivity index is 1.48. The number of hydrogen-bond donors (Lipinski definition) is 0. The Bertz CT molecular complexity index is 1010. The fourth-order valence-electron chi connectivity index (χ4n) is 4.73. The maximum Gasteiger partial charge on any atom is 0.127 e. The Labute approximate surface area is 172 Å². The van der Waals surface area contributed by atoms with E-state index < -0.39 is 0 Å². The van der Waals surface area contributed by atoms with Gasteiger partial charge in [-0.15, -0.1) is 0 Å². The Morgan fingerprint density at radius 3 is 2.31 bits per heavy atom. The average Bonchev–Trinajstić information content (AvgIpc) is 2.79. The number of benzene rings is 3. The molecule has 5 rings (SSSR count). The lowest BCUT2D eigenvalue weighted by atomic mass is 9.73. The summed E-state index contributed by atoms with van der Waals surface area (Å²) in [5.74, 6) is 2.03. The van der Waals surface area contributed by atoms with Crippen molar-refractivity contribution in [3.8, 4) is 11.5 Å². The van der Waals surface area contributed by atoms with Crippen molar-refractivity contribution in [1.82, 2.24) is 0 Å². The summed E-state index contributed by atoms with van der Waals surface area (Å²) in [5.41, 5.74) is 4.83. The number of fused-ring (bicyclic) bond motifs is 3. The monoisotopic (exact) mass is 383 g/mol. The molecule has 1 fully saturated rings. The molecule has 1 heterocycles. The molecule has 1 aliphatic heterocycles. The molecule has 3 nitrogen and oxygen atoms in total. The van der Waals surface area contributed by atoms with Crippen molar-refractivity contribution in [2.45, 2.75) is 37.3 Å². The predicted octanol–water partition coefficient (Wildman–Crippen LogP) is 5.98. The summed E-state index contributed by atoms with van der Waals surface area (Å²) in [5, 5.41) is 0. The molecule has 0 radical (unpaired) electrons. The lowest BCUT2D eigenvalue weighted by molar-refractivity contribution is 0.0443. The van der Waals surface area contributed by atoms with E-state index in [0.29, 0.717) is 12.0 Å². The molecule has 3 unspecified atom stereocenters. The standard InChI is InChI=1S/C26H25NO2/c1-28-24-13-7-12-23-25(24)21-10-5-6-11-22(21)26(27-23)18-14-16-20(17-15-18)29-19-8-3-2-4-9-19/h2-6,8-11,14-17,23-25H,7,12-13H2,1H3. The maximum absolute atomic E-state index is 5.95. The predicted molar refractivity (Wildman–Crippen MR) is 116 cm³/mol. The molecule has 0 spiro atoms. The highest BCUT2D eigenvalue weighted by Gasteiger charge is 2.39. The zero-order valence-electron chi connectivity index (χ0n) is 16.6. The fraction of sp³-hybridized carbons (Fsp3) is 0.269. The van der Waals surface area contributed by atoms with Crippen molar-refractivity contribution in [2.75, 3.05) is 7.11 Å². The minimum Gasteiger partial charge on any atom is -0.457 e. The van der Waals surface area contributed by atoms with E-state index in [9.17, 15) is 0 Å². The fourth-order valence-corrected chi connectivity index (χ4v) is 4.73. The van der Waals surface area contributed by atoms with Crippen molar-refractivity contribution in [2.24, 2.45) is 4.99 Å². The number of para-hydroxylation sites is 1. The third-order valence-electron chi connectivity index (χ3n) is 6.08. The number of methoxy groups -OCH3 is 1. The largest absolute Gasteiger partial charge is 0.457 e. The number of aliphatic imine (C=N–C) groups is 1. The van der Waals surface area contributed by atoms with Gasteiger partial charge in [0.25, 0.3) is 0 Å². The van der Waals surface area contributed by atoms with Crippen LogP contribution in [0.15, 0.2) is 83.9 Å². The van der Waals surface area contributed by atoms with Gasteiger partial charge >= 0.3 is 0 Å². The Morgan fingerprint density at radius 2 is 1.52 bits per heavy atom.